The predicted molar refractivity (Wildman–Crippen MR) is 87.2 cm³/mol. The summed E-state index contributed by atoms with van der Waals surface area (Å²) >= 11 is 1.26. The Kier molecular flexibility index (Phi) is 3.85. The van der Waals surface area contributed by atoms with Crippen LogP contribution in [0.2, 0.25) is 0 Å². The first-order chi connectivity index (χ1) is 10.9. The van der Waals surface area contributed by atoms with E-state index in [1.807, 2.05) is 0 Å². The lowest BCUT2D eigenvalue weighted by Crippen LogP contribution is -2.24. The van der Waals surface area contributed by atoms with E-state index < -0.39 is 10.7 Å². The normalized spacial score (nSPS) is 13.0. The number of anilines is 2. The molecule has 0 unspecified atom stereocenters. The van der Waals surface area contributed by atoms with Crippen molar-refractivity contribution in [2.45, 2.75) is 25.4 Å². The highest BCUT2D eigenvalue weighted by atomic mass is 32.2. The Morgan fingerprint density at radius 3 is 2.78 bits per heavy atom. The van der Waals surface area contributed by atoms with Crippen LogP contribution in [0.25, 0.3) is 0 Å². The lowest BCUT2D eigenvalue weighted by Gasteiger charge is -2.14. The summed E-state index contributed by atoms with van der Waals surface area (Å²) in [6.07, 6.45) is 0. The highest BCUT2D eigenvalue weighted by Crippen LogP contribution is 2.40. The minimum atomic E-state index is -0.523. The molecular formula is C15H14FN3O3S. The molecular weight excluding hydrogens is 321 g/mol. The number of benzene rings is 1. The summed E-state index contributed by atoms with van der Waals surface area (Å²) in [5.74, 6) is 0.0877. The Labute approximate surface area is 135 Å². The van der Waals surface area contributed by atoms with Crippen LogP contribution in [0.15, 0.2) is 28.0 Å². The zero-order chi connectivity index (χ0) is 16.7. The Hall–Kier alpha value is -2.35. The highest BCUT2D eigenvalue weighted by molar-refractivity contribution is 7.99. The van der Waals surface area contributed by atoms with Crippen LogP contribution in [0.5, 0.6) is 0 Å². The van der Waals surface area contributed by atoms with Crippen LogP contribution < -0.4 is 10.9 Å². The molecule has 1 aliphatic heterocycles. The zero-order valence-electron chi connectivity index (χ0n) is 12.6. The molecule has 1 aromatic heterocycles. The number of halogens is 1. The number of hydrogen-bond donors (Lipinski definition) is 1. The van der Waals surface area contributed by atoms with Gasteiger partial charge in [-0.25, -0.2) is 4.39 Å². The summed E-state index contributed by atoms with van der Waals surface area (Å²) in [6.45, 7) is 3.71. The van der Waals surface area contributed by atoms with Gasteiger partial charge in [0.2, 0.25) is 0 Å². The average molecular weight is 335 g/mol. The molecule has 0 amide bonds. The van der Waals surface area contributed by atoms with Gasteiger partial charge in [0.25, 0.3) is 5.56 Å². The first kappa shape index (κ1) is 15.5. The Morgan fingerprint density at radius 2 is 2.13 bits per heavy atom. The molecule has 2 aromatic rings. The lowest BCUT2D eigenvalue weighted by molar-refractivity contribution is -0.387. The van der Waals surface area contributed by atoms with Crippen LogP contribution in [0.1, 0.15) is 11.1 Å². The standard InChI is InChI=1S/C15H14FN3O3S/c1-8-3-4-11(10(16)7-8)17-12-9(2)14(20)18-5-6-23-15(18)13(12)19(21)22/h3-4,7,17H,5-6H2,1-2H3. The fraction of sp³-hybridized carbons (Fsp3) is 0.267. The molecule has 0 atom stereocenters. The van der Waals surface area contributed by atoms with Gasteiger partial charge in [0.05, 0.1) is 10.6 Å². The minimum Gasteiger partial charge on any atom is -0.347 e. The average Bonchev–Trinajstić information content (AvgIpc) is 2.96. The van der Waals surface area contributed by atoms with Gasteiger partial charge in [0, 0.05) is 17.9 Å². The smallest absolute Gasteiger partial charge is 0.323 e. The van der Waals surface area contributed by atoms with Gasteiger partial charge in [-0.2, -0.15) is 0 Å². The van der Waals surface area contributed by atoms with Crippen LogP contribution >= 0.6 is 11.8 Å². The molecule has 0 saturated carbocycles. The third-order valence-corrected chi connectivity index (χ3v) is 4.82. The van der Waals surface area contributed by atoms with Gasteiger partial charge in [-0.1, -0.05) is 17.8 Å². The lowest BCUT2D eigenvalue weighted by atomic mass is 10.1. The topological polar surface area (TPSA) is 77.2 Å². The van der Waals surface area contributed by atoms with Gasteiger partial charge in [-0.15, -0.1) is 0 Å². The monoisotopic (exact) mass is 335 g/mol. The van der Waals surface area contributed by atoms with E-state index in [0.29, 0.717) is 17.3 Å². The molecule has 0 bridgehead atoms. The molecule has 0 radical (unpaired) electrons. The number of rotatable bonds is 3. The van der Waals surface area contributed by atoms with Crippen LogP contribution in [0.3, 0.4) is 0 Å². The van der Waals surface area contributed by atoms with Crippen LogP contribution in [-0.4, -0.2) is 15.2 Å². The number of pyridine rings is 1. The molecule has 6 nitrogen and oxygen atoms in total. The number of hydrogen-bond acceptors (Lipinski definition) is 5. The molecule has 0 spiro atoms. The van der Waals surface area contributed by atoms with E-state index in [1.54, 1.807) is 13.0 Å². The van der Waals surface area contributed by atoms with Crippen LogP contribution in [-0.2, 0) is 6.54 Å². The Balaban J connectivity index is 2.21. The van der Waals surface area contributed by atoms with Crippen molar-refractivity contribution in [3.63, 3.8) is 0 Å². The molecule has 3 rings (SSSR count). The fourth-order valence-electron chi connectivity index (χ4n) is 2.58. The van der Waals surface area contributed by atoms with Crippen molar-refractivity contribution < 1.29 is 9.31 Å². The summed E-state index contributed by atoms with van der Waals surface area (Å²) in [5.41, 5.74) is 0.652. The van der Waals surface area contributed by atoms with Gasteiger partial charge < -0.3 is 5.32 Å². The van der Waals surface area contributed by atoms with E-state index in [2.05, 4.69) is 5.32 Å². The molecule has 1 aliphatic rings. The second-order valence-corrected chi connectivity index (χ2v) is 6.41. The van der Waals surface area contributed by atoms with E-state index in [9.17, 15) is 19.3 Å². The number of fused-ring (bicyclic) bond motifs is 1. The van der Waals surface area contributed by atoms with Gasteiger partial charge in [0.15, 0.2) is 5.03 Å². The van der Waals surface area contributed by atoms with Gasteiger partial charge in [-0.05, 0) is 31.5 Å². The number of aromatic nitrogens is 1. The third-order valence-electron chi connectivity index (χ3n) is 3.75. The van der Waals surface area contributed by atoms with Crippen molar-refractivity contribution in [1.82, 2.24) is 4.57 Å². The molecule has 120 valence electrons. The van der Waals surface area contributed by atoms with Crippen molar-refractivity contribution in [2.24, 2.45) is 0 Å². The van der Waals surface area contributed by atoms with E-state index in [4.69, 9.17) is 0 Å². The number of nitrogens with zero attached hydrogens (tertiary/aromatic N) is 2. The third kappa shape index (κ3) is 2.59. The summed E-state index contributed by atoms with van der Waals surface area (Å²) in [5, 5.41) is 14.6. The van der Waals surface area contributed by atoms with Crippen molar-refractivity contribution in [3.05, 3.63) is 55.6 Å². The van der Waals surface area contributed by atoms with Crippen molar-refractivity contribution in [2.75, 3.05) is 11.1 Å². The van der Waals surface area contributed by atoms with E-state index >= 15 is 0 Å². The van der Waals surface area contributed by atoms with Crippen molar-refractivity contribution in [3.8, 4) is 0 Å². The summed E-state index contributed by atoms with van der Waals surface area (Å²) in [7, 11) is 0. The Morgan fingerprint density at radius 1 is 1.39 bits per heavy atom. The van der Waals surface area contributed by atoms with Crippen LogP contribution in [0, 0.1) is 29.8 Å². The first-order valence-electron chi connectivity index (χ1n) is 6.98. The van der Waals surface area contributed by atoms with Gasteiger partial charge >= 0.3 is 5.69 Å². The summed E-state index contributed by atoms with van der Waals surface area (Å²) < 4.78 is 15.5. The molecule has 8 heteroatoms. The number of aryl methyl sites for hydroxylation is 1. The summed E-state index contributed by atoms with van der Waals surface area (Å²) in [6, 6.07) is 4.53. The van der Waals surface area contributed by atoms with Crippen LogP contribution in [0.4, 0.5) is 21.5 Å². The number of thioether (sulfide) groups is 1. The van der Waals surface area contributed by atoms with Gasteiger partial charge in [0.1, 0.15) is 11.5 Å². The molecule has 2 heterocycles. The number of nitrogens with one attached hydrogen (secondary N) is 1. The van der Waals surface area contributed by atoms with E-state index in [1.165, 1.54) is 35.4 Å². The maximum Gasteiger partial charge on any atom is 0.323 e. The maximum absolute atomic E-state index is 14.1. The molecule has 0 fully saturated rings. The first-order valence-corrected chi connectivity index (χ1v) is 7.96. The molecule has 0 saturated heterocycles. The molecule has 1 aromatic carbocycles. The Bertz CT molecular complexity index is 879. The SMILES string of the molecule is Cc1ccc(Nc2c([N+](=O)[O-])c3n(c(=O)c2C)CCS3)c(F)c1. The second kappa shape index (κ2) is 5.69. The quantitative estimate of drug-likeness (QED) is 0.687. The highest BCUT2D eigenvalue weighted by Gasteiger charge is 2.31. The van der Waals surface area contributed by atoms with Crippen molar-refractivity contribution in [1.29, 1.82) is 0 Å². The minimum absolute atomic E-state index is 0.0587. The zero-order valence-corrected chi connectivity index (χ0v) is 13.4. The predicted octanol–water partition coefficient (Wildman–Crippen LogP) is 3.36. The van der Waals surface area contributed by atoms with Gasteiger partial charge in [-0.3, -0.25) is 19.5 Å². The summed E-state index contributed by atoms with van der Waals surface area (Å²) in [4.78, 5) is 23.4. The van der Waals surface area contributed by atoms with E-state index in [-0.39, 0.29) is 28.2 Å². The molecule has 0 aliphatic carbocycles. The second-order valence-electron chi connectivity index (χ2n) is 5.32. The largest absolute Gasteiger partial charge is 0.347 e. The van der Waals surface area contributed by atoms with E-state index in [0.717, 1.165) is 5.56 Å². The number of nitro groups is 1. The molecule has 1 N–H and O–H groups in total. The fourth-order valence-corrected chi connectivity index (χ4v) is 3.69. The van der Waals surface area contributed by atoms with Crippen molar-refractivity contribution >= 4 is 28.8 Å². The molecule has 23 heavy (non-hydrogen) atoms. The maximum atomic E-state index is 14.1.